The van der Waals surface area contributed by atoms with Gasteiger partial charge in [-0.25, -0.2) is 0 Å². The van der Waals surface area contributed by atoms with Gasteiger partial charge in [0.05, 0.1) is 0 Å². The molecular formula is C16H22N2OS. The number of nitrogens with one attached hydrogen (secondary N) is 1. The molecule has 1 aromatic carbocycles. The Bertz CT molecular complexity index is 464. The van der Waals surface area contributed by atoms with Gasteiger partial charge in [0.25, 0.3) is 5.91 Å². The number of amides is 1. The molecule has 108 valence electrons. The first-order chi connectivity index (χ1) is 9.78. The summed E-state index contributed by atoms with van der Waals surface area (Å²) in [5.41, 5.74) is 0.827. The zero-order valence-corrected chi connectivity index (χ0v) is 12.8. The molecule has 0 bridgehead atoms. The van der Waals surface area contributed by atoms with Crippen LogP contribution in [0.1, 0.15) is 36.0 Å². The van der Waals surface area contributed by atoms with Gasteiger partial charge in [0.2, 0.25) is 0 Å². The van der Waals surface area contributed by atoms with Crippen LogP contribution in [0.5, 0.6) is 0 Å². The summed E-state index contributed by atoms with van der Waals surface area (Å²) in [6.45, 7) is 1.97. The Hall–Kier alpha value is -1.00. The Morgan fingerprint density at radius 1 is 1.30 bits per heavy atom. The number of carbonyl (C=O) groups excluding carboxylic acids is 1. The van der Waals surface area contributed by atoms with Crippen molar-refractivity contribution < 1.29 is 4.79 Å². The predicted octanol–water partition coefficient (Wildman–Crippen LogP) is 2.77. The quantitative estimate of drug-likeness (QED) is 0.846. The normalized spacial score (nSPS) is 21.9. The minimum atomic E-state index is 0.203. The minimum absolute atomic E-state index is 0.203. The van der Waals surface area contributed by atoms with E-state index in [0.29, 0.717) is 12.1 Å². The van der Waals surface area contributed by atoms with Crippen LogP contribution in [-0.4, -0.2) is 42.2 Å². The van der Waals surface area contributed by atoms with Gasteiger partial charge in [0.1, 0.15) is 0 Å². The summed E-state index contributed by atoms with van der Waals surface area (Å²) in [7, 11) is 0. The van der Waals surface area contributed by atoms with Crippen molar-refractivity contribution in [2.45, 2.75) is 42.7 Å². The first kappa shape index (κ1) is 14.0. The fraction of sp³-hybridized carbons (Fsp3) is 0.562. The third-order valence-corrected chi connectivity index (χ3v) is 4.91. The summed E-state index contributed by atoms with van der Waals surface area (Å²) in [5, 5.41) is 3.50. The first-order valence-corrected chi connectivity index (χ1v) is 8.69. The van der Waals surface area contributed by atoms with E-state index in [-0.39, 0.29) is 5.91 Å². The van der Waals surface area contributed by atoms with Gasteiger partial charge in [-0.3, -0.25) is 4.79 Å². The molecule has 20 heavy (non-hydrogen) atoms. The maximum absolute atomic E-state index is 12.7. The predicted molar refractivity (Wildman–Crippen MR) is 83.3 cm³/mol. The molecule has 1 aliphatic carbocycles. The summed E-state index contributed by atoms with van der Waals surface area (Å²) in [5.74, 6) is 0.203. The van der Waals surface area contributed by atoms with E-state index >= 15 is 0 Å². The molecule has 3 nitrogen and oxygen atoms in total. The zero-order valence-electron chi connectivity index (χ0n) is 12.0. The molecule has 0 radical (unpaired) electrons. The molecule has 3 rings (SSSR count). The summed E-state index contributed by atoms with van der Waals surface area (Å²) < 4.78 is 0. The number of nitrogens with zero attached hydrogens (tertiary/aromatic N) is 1. The van der Waals surface area contributed by atoms with Crippen LogP contribution in [0.15, 0.2) is 29.2 Å². The van der Waals surface area contributed by atoms with Crippen molar-refractivity contribution in [2.24, 2.45) is 0 Å². The highest BCUT2D eigenvalue weighted by molar-refractivity contribution is 7.98. The lowest BCUT2D eigenvalue weighted by Crippen LogP contribution is -2.42. The third-order valence-electron chi connectivity index (χ3n) is 4.16. The van der Waals surface area contributed by atoms with E-state index < -0.39 is 0 Å². The maximum atomic E-state index is 12.7. The molecule has 1 atom stereocenters. The maximum Gasteiger partial charge on any atom is 0.254 e. The second-order valence-corrected chi connectivity index (χ2v) is 6.59. The van der Waals surface area contributed by atoms with Crippen LogP contribution in [0, 0.1) is 0 Å². The molecule has 4 heteroatoms. The monoisotopic (exact) mass is 290 g/mol. The lowest BCUT2D eigenvalue weighted by atomic mass is 10.1. The lowest BCUT2D eigenvalue weighted by molar-refractivity contribution is 0.0728. The summed E-state index contributed by atoms with van der Waals surface area (Å²) in [4.78, 5) is 16.0. The molecule has 1 N–H and O–H groups in total. The molecule has 0 spiro atoms. The lowest BCUT2D eigenvalue weighted by Gasteiger charge is -2.26. The third kappa shape index (κ3) is 3.18. The Kier molecular flexibility index (Phi) is 4.32. The second kappa shape index (κ2) is 6.19. The van der Waals surface area contributed by atoms with E-state index in [2.05, 4.69) is 16.5 Å². The molecule has 0 aromatic heterocycles. The summed E-state index contributed by atoms with van der Waals surface area (Å²) in [6.07, 6.45) is 6.82. The first-order valence-electron chi connectivity index (χ1n) is 7.46. The molecule has 1 heterocycles. The molecular weight excluding hydrogens is 268 g/mol. The number of rotatable bonds is 5. The van der Waals surface area contributed by atoms with Crippen LogP contribution in [-0.2, 0) is 0 Å². The van der Waals surface area contributed by atoms with E-state index in [1.165, 1.54) is 30.6 Å². The van der Waals surface area contributed by atoms with Crippen LogP contribution in [0.2, 0.25) is 0 Å². The molecule has 2 fully saturated rings. The van der Waals surface area contributed by atoms with Crippen LogP contribution in [0.3, 0.4) is 0 Å². The molecule has 1 saturated heterocycles. The molecule has 1 saturated carbocycles. The van der Waals surface area contributed by atoms with Gasteiger partial charge in [-0.15, -0.1) is 11.8 Å². The highest BCUT2D eigenvalue weighted by Gasteiger charge is 2.34. The average molecular weight is 290 g/mol. The van der Waals surface area contributed by atoms with E-state index in [9.17, 15) is 4.79 Å². The number of hydrogen-bond donors (Lipinski definition) is 1. The highest BCUT2D eigenvalue weighted by Crippen LogP contribution is 2.29. The average Bonchev–Trinajstić information content (AvgIpc) is 3.21. The summed E-state index contributed by atoms with van der Waals surface area (Å²) >= 11 is 1.71. The molecule has 1 amide bonds. The number of thioether (sulfide) groups is 1. The Balaban J connectivity index is 1.70. The molecule has 2 aliphatic rings. The Labute approximate surface area is 125 Å². The van der Waals surface area contributed by atoms with Gasteiger partial charge in [0, 0.05) is 29.1 Å². The molecule has 1 aliphatic heterocycles. The van der Waals surface area contributed by atoms with E-state index in [1.807, 2.05) is 24.3 Å². The van der Waals surface area contributed by atoms with E-state index in [1.54, 1.807) is 11.8 Å². The number of benzene rings is 1. The smallest absolute Gasteiger partial charge is 0.254 e. The van der Waals surface area contributed by atoms with Crippen molar-refractivity contribution in [3.05, 3.63) is 29.8 Å². The van der Waals surface area contributed by atoms with E-state index in [4.69, 9.17) is 0 Å². The summed E-state index contributed by atoms with van der Waals surface area (Å²) in [6, 6.07) is 8.97. The SMILES string of the molecule is CSc1ccc(C(=O)N(CC2CCCN2)C2CC2)cc1. The highest BCUT2D eigenvalue weighted by atomic mass is 32.2. The number of hydrogen-bond acceptors (Lipinski definition) is 3. The van der Waals surface area contributed by atoms with E-state index in [0.717, 1.165) is 18.7 Å². The van der Waals surface area contributed by atoms with Gasteiger partial charge >= 0.3 is 0 Å². The largest absolute Gasteiger partial charge is 0.334 e. The molecule has 1 unspecified atom stereocenters. The van der Waals surface area contributed by atoms with Gasteiger partial charge in [0.15, 0.2) is 0 Å². The van der Waals surface area contributed by atoms with Crippen molar-refractivity contribution in [1.29, 1.82) is 0 Å². The number of carbonyl (C=O) groups is 1. The van der Waals surface area contributed by atoms with Gasteiger partial charge in [-0.1, -0.05) is 0 Å². The van der Waals surface area contributed by atoms with Crippen molar-refractivity contribution in [3.8, 4) is 0 Å². The van der Waals surface area contributed by atoms with Crippen molar-refractivity contribution in [2.75, 3.05) is 19.3 Å². The Morgan fingerprint density at radius 2 is 2.05 bits per heavy atom. The van der Waals surface area contributed by atoms with Crippen molar-refractivity contribution >= 4 is 17.7 Å². The van der Waals surface area contributed by atoms with Crippen LogP contribution in [0.25, 0.3) is 0 Å². The second-order valence-electron chi connectivity index (χ2n) is 5.71. The Morgan fingerprint density at radius 3 is 2.60 bits per heavy atom. The molecule has 1 aromatic rings. The fourth-order valence-electron chi connectivity index (χ4n) is 2.83. The minimum Gasteiger partial charge on any atom is -0.334 e. The van der Waals surface area contributed by atoms with Crippen molar-refractivity contribution in [1.82, 2.24) is 10.2 Å². The van der Waals surface area contributed by atoms with Gasteiger partial charge in [-0.2, -0.15) is 0 Å². The fourth-order valence-corrected chi connectivity index (χ4v) is 3.24. The van der Waals surface area contributed by atoms with Crippen LogP contribution < -0.4 is 5.32 Å². The standard InChI is InChI=1S/C16H22N2OS/c1-20-15-8-4-12(5-9-15)16(19)18(14-6-7-14)11-13-3-2-10-17-13/h4-5,8-9,13-14,17H,2-3,6-7,10-11H2,1H3. The topological polar surface area (TPSA) is 32.3 Å². The zero-order chi connectivity index (χ0) is 13.9. The van der Waals surface area contributed by atoms with Gasteiger partial charge in [-0.05, 0) is 62.7 Å². The van der Waals surface area contributed by atoms with Crippen LogP contribution >= 0.6 is 11.8 Å². The van der Waals surface area contributed by atoms with Crippen LogP contribution in [0.4, 0.5) is 0 Å². The van der Waals surface area contributed by atoms with Gasteiger partial charge < -0.3 is 10.2 Å². The van der Waals surface area contributed by atoms with Crippen molar-refractivity contribution in [3.63, 3.8) is 0 Å².